The zero-order valence-corrected chi connectivity index (χ0v) is 15.2. The predicted molar refractivity (Wildman–Crippen MR) is 94.8 cm³/mol. The number of hydrogen-bond donors (Lipinski definition) is 1. The van der Waals surface area contributed by atoms with Crippen LogP contribution < -0.4 is 5.32 Å². The summed E-state index contributed by atoms with van der Waals surface area (Å²) in [5, 5.41) is 6.80. The van der Waals surface area contributed by atoms with Crippen molar-refractivity contribution in [2.24, 2.45) is 0 Å². The SMILES string of the molecule is Cc1cc(NC(=O)C(C)OC(=O)c2sc(-c3ccccn3)nc2C)no1. The molecule has 0 aliphatic heterocycles. The van der Waals surface area contributed by atoms with Crippen molar-refractivity contribution in [2.45, 2.75) is 26.9 Å². The van der Waals surface area contributed by atoms with Crippen LogP contribution in [-0.4, -0.2) is 33.1 Å². The van der Waals surface area contributed by atoms with Crippen LogP contribution in [0.1, 0.15) is 28.0 Å². The van der Waals surface area contributed by atoms with Crippen LogP contribution in [-0.2, 0) is 9.53 Å². The molecule has 9 heteroatoms. The summed E-state index contributed by atoms with van der Waals surface area (Å²) in [5.41, 5.74) is 1.20. The van der Waals surface area contributed by atoms with E-state index in [9.17, 15) is 9.59 Å². The predicted octanol–water partition coefficient (Wildman–Crippen LogP) is 2.99. The Kier molecular flexibility index (Phi) is 5.08. The third-order valence-electron chi connectivity index (χ3n) is 3.40. The van der Waals surface area contributed by atoms with Gasteiger partial charge in [-0.2, -0.15) is 0 Å². The fourth-order valence-electron chi connectivity index (χ4n) is 2.11. The van der Waals surface area contributed by atoms with Gasteiger partial charge in [-0.25, -0.2) is 9.78 Å². The number of nitrogens with zero attached hydrogens (tertiary/aromatic N) is 3. The topological polar surface area (TPSA) is 107 Å². The molecule has 0 saturated carbocycles. The minimum atomic E-state index is -1.00. The standard InChI is InChI=1S/C17H16N4O4S/c1-9-8-13(21-25-9)20-15(22)11(3)24-17(23)14-10(2)19-16(26-14)12-6-4-5-7-18-12/h4-8,11H,1-3H3,(H,20,21,22). The summed E-state index contributed by atoms with van der Waals surface area (Å²) in [4.78, 5) is 33.4. The van der Waals surface area contributed by atoms with Crippen LogP contribution in [0.25, 0.3) is 10.7 Å². The molecule has 0 aliphatic carbocycles. The Bertz CT molecular complexity index is 935. The fourth-order valence-corrected chi connectivity index (χ4v) is 3.03. The average Bonchev–Trinajstić information content (AvgIpc) is 3.21. The largest absolute Gasteiger partial charge is 0.448 e. The molecular weight excluding hydrogens is 356 g/mol. The highest BCUT2D eigenvalue weighted by atomic mass is 32.1. The number of pyridine rings is 1. The van der Waals surface area contributed by atoms with Crippen LogP contribution in [0, 0.1) is 13.8 Å². The first-order chi connectivity index (χ1) is 12.4. The normalized spacial score (nSPS) is 11.8. The molecule has 26 heavy (non-hydrogen) atoms. The molecule has 1 N–H and O–H groups in total. The lowest BCUT2D eigenvalue weighted by molar-refractivity contribution is -0.123. The minimum Gasteiger partial charge on any atom is -0.448 e. The van der Waals surface area contributed by atoms with Crippen molar-refractivity contribution >= 4 is 29.0 Å². The van der Waals surface area contributed by atoms with E-state index in [0.717, 1.165) is 0 Å². The van der Waals surface area contributed by atoms with E-state index in [2.05, 4.69) is 20.4 Å². The first-order valence-corrected chi connectivity index (χ1v) is 8.59. The first-order valence-electron chi connectivity index (χ1n) is 7.78. The number of rotatable bonds is 5. The van der Waals surface area contributed by atoms with Gasteiger partial charge in [0, 0.05) is 12.3 Å². The summed E-state index contributed by atoms with van der Waals surface area (Å²) in [5.74, 6) is -0.283. The van der Waals surface area contributed by atoms with Crippen molar-refractivity contribution in [3.63, 3.8) is 0 Å². The highest BCUT2D eigenvalue weighted by molar-refractivity contribution is 7.17. The minimum absolute atomic E-state index is 0.266. The average molecular weight is 372 g/mol. The Hall–Kier alpha value is -3.07. The quantitative estimate of drug-likeness (QED) is 0.686. The summed E-state index contributed by atoms with van der Waals surface area (Å²) < 4.78 is 10.1. The monoisotopic (exact) mass is 372 g/mol. The van der Waals surface area contributed by atoms with Gasteiger partial charge in [-0.05, 0) is 32.9 Å². The van der Waals surface area contributed by atoms with E-state index in [1.807, 2.05) is 12.1 Å². The number of ether oxygens (including phenoxy) is 1. The molecule has 3 aromatic heterocycles. The number of amides is 1. The van der Waals surface area contributed by atoms with Gasteiger partial charge in [0.2, 0.25) is 0 Å². The lowest BCUT2D eigenvalue weighted by atomic mass is 10.3. The molecule has 0 spiro atoms. The van der Waals surface area contributed by atoms with Crippen LogP contribution in [0.15, 0.2) is 35.0 Å². The molecule has 0 radical (unpaired) electrons. The number of hydrogen-bond acceptors (Lipinski definition) is 8. The van der Waals surface area contributed by atoms with Gasteiger partial charge in [0.05, 0.1) is 11.4 Å². The third kappa shape index (κ3) is 3.94. The van der Waals surface area contributed by atoms with Crippen molar-refractivity contribution in [3.8, 4) is 10.7 Å². The van der Waals surface area contributed by atoms with Gasteiger partial charge in [0.1, 0.15) is 15.6 Å². The summed E-state index contributed by atoms with van der Waals surface area (Å²) in [6.07, 6.45) is 0.654. The van der Waals surface area contributed by atoms with Crippen LogP contribution in [0.4, 0.5) is 5.82 Å². The number of aromatic nitrogens is 3. The van der Waals surface area contributed by atoms with Crippen molar-refractivity contribution in [1.29, 1.82) is 0 Å². The van der Waals surface area contributed by atoms with E-state index in [0.29, 0.717) is 27.0 Å². The number of nitrogens with one attached hydrogen (secondary N) is 1. The van der Waals surface area contributed by atoms with Crippen molar-refractivity contribution in [1.82, 2.24) is 15.1 Å². The number of aryl methyl sites for hydroxylation is 2. The van der Waals surface area contributed by atoms with Gasteiger partial charge in [-0.15, -0.1) is 11.3 Å². The number of carbonyl (C=O) groups is 2. The highest BCUT2D eigenvalue weighted by Crippen LogP contribution is 2.27. The number of thiazole rings is 1. The van der Waals surface area contributed by atoms with Gasteiger partial charge < -0.3 is 14.6 Å². The third-order valence-corrected chi connectivity index (χ3v) is 4.56. The first kappa shape index (κ1) is 17.7. The summed E-state index contributed by atoms with van der Waals surface area (Å²) in [6, 6.07) is 7.02. The Morgan fingerprint density at radius 2 is 2.12 bits per heavy atom. The zero-order chi connectivity index (χ0) is 18.7. The molecule has 0 fully saturated rings. The molecule has 3 rings (SSSR count). The molecular formula is C17H16N4O4S. The van der Waals surface area contributed by atoms with E-state index >= 15 is 0 Å². The number of anilines is 1. The molecule has 1 amide bonds. The molecule has 3 heterocycles. The number of carbonyl (C=O) groups excluding carboxylic acids is 2. The Morgan fingerprint density at radius 1 is 1.31 bits per heavy atom. The second kappa shape index (κ2) is 7.44. The van der Waals surface area contributed by atoms with Crippen LogP contribution >= 0.6 is 11.3 Å². The van der Waals surface area contributed by atoms with Gasteiger partial charge in [0.25, 0.3) is 5.91 Å². The molecule has 134 valence electrons. The highest BCUT2D eigenvalue weighted by Gasteiger charge is 2.24. The summed E-state index contributed by atoms with van der Waals surface area (Å²) >= 11 is 1.17. The van der Waals surface area contributed by atoms with Gasteiger partial charge >= 0.3 is 5.97 Å². The van der Waals surface area contributed by atoms with E-state index < -0.39 is 18.0 Å². The van der Waals surface area contributed by atoms with Crippen molar-refractivity contribution in [3.05, 3.63) is 46.8 Å². The lowest BCUT2D eigenvalue weighted by Gasteiger charge is -2.11. The smallest absolute Gasteiger partial charge is 0.351 e. The summed E-state index contributed by atoms with van der Waals surface area (Å²) in [6.45, 7) is 4.90. The Balaban J connectivity index is 1.67. The second-order valence-corrected chi connectivity index (χ2v) is 6.51. The fraction of sp³-hybridized carbons (Fsp3) is 0.235. The van der Waals surface area contributed by atoms with Gasteiger partial charge in [-0.1, -0.05) is 11.2 Å². The molecule has 0 bridgehead atoms. The lowest BCUT2D eigenvalue weighted by Crippen LogP contribution is -2.30. The van der Waals surface area contributed by atoms with Crippen LogP contribution in [0.2, 0.25) is 0 Å². The maximum atomic E-state index is 12.4. The van der Waals surface area contributed by atoms with Crippen molar-refractivity contribution < 1.29 is 18.8 Å². The van der Waals surface area contributed by atoms with Gasteiger partial charge in [-0.3, -0.25) is 9.78 Å². The zero-order valence-electron chi connectivity index (χ0n) is 14.3. The van der Waals surface area contributed by atoms with E-state index in [1.54, 1.807) is 32.2 Å². The maximum Gasteiger partial charge on any atom is 0.351 e. The molecule has 1 atom stereocenters. The molecule has 3 aromatic rings. The summed E-state index contributed by atoms with van der Waals surface area (Å²) in [7, 11) is 0. The second-order valence-electron chi connectivity index (χ2n) is 5.51. The molecule has 0 aliphatic rings. The molecule has 8 nitrogen and oxygen atoms in total. The molecule has 0 aromatic carbocycles. The molecule has 0 saturated heterocycles. The number of esters is 1. The van der Waals surface area contributed by atoms with E-state index in [1.165, 1.54) is 18.3 Å². The Morgan fingerprint density at radius 3 is 2.77 bits per heavy atom. The Labute approximate surface area is 153 Å². The molecule has 1 unspecified atom stereocenters. The van der Waals surface area contributed by atoms with E-state index in [4.69, 9.17) is 9.26 Å². The maximum absolute atomic E-state index is 12.4. The van der Waals surface area contributed by atoms with Crippen molar-refractivity contribution in [2.75, 3.05) is 5.32 Å². The van der Waals surface area contributed by atoms with E-state index in [-0.39, 0.29) is 5.82 Å². The van der Waals surface area contributed by atoms with Crippen LogP contribution in [0.3, 0.4) is 0 Å². The van der Waals surface area contributed by atoms with Crippen LogP contribution in [0.5, 0.6) is 0 Å². The van der Waals surface area contributed by atoms with Gasteiger partial charge in [0.15, 0.2) is 11.9 Å².